The van der Waals surface area contributed by atoms with Crippen molar-refractivity contribution in [3.8, 4) is 44.9 Å². The van der Waals surface area contributed by atoms with E-state index in [4.69, 9.17) is 9.97 Å². The summed E-state index contributed by atoms with van der Waals surface area (Å²) in [5.41, 5.74) is 9.49. The summed E-state index contributed by atoms with van der Waals surface area (Å²) in [4.78, 5) is 10.5. The van der Waals surface area contributed by atoms with Gasteiger partial charge < -0.3 is 0 Å². The lowest BCUT2D eigenvalue weighted by molar-refractivity contribution is 1.32. The average molecular weight is 585 g/mol. The van der Waals surface area contributed by atoms with Crippen LogP contribution in [0, 0.1) is 0 Å². The number of rotatable bonds is 4. The lowest BCUT2D eigenvalue weighted by Crippen LogP contribution is -1.95. The van der Waals surface area contributed by atoms with Crippen LogP contribution in [0.1, 0.15) is 0 Å². The van der Waals surface area contributed by atoms with Crippen LogP contribution in [0.3, 0.4) is 0 Å². The third-order valence-corrected chi connectivity index (χ3v) is 9.00. The lowest BCUT2D eigenvalue weighted by Gasteiger charge is -2.17. The van der Waals surface area contributed by atoms with Gasteiger partial charge in [0.1, 0.15) is 0 Å². The maximum Gasteiger partial charge on any atom is 0.0788 e. The molecule has 0 aliphatic rings. The molecule has 0 aliphatic carbocycles. The van der Waals surface area contributed by atoms with Crippen LogP contribution in [0.2, 0.25) is 0 Å². The summed E-state index contributed by atoms with van der Waals surface area (Å²) in [6.07, 6.45) is 0. The zero-order valence-corrected chi connectivity index (χ0v) is 25.1. The molecule has 0 fully saturated rings. The van der Waals surface area contributed by atoms with Crippen LogP contribution in [0.5, 0.6) is 0 Å². The van der Waals surface area contributed by atoms with Gasteiger partial charge >= 0.3 is 0 Å². The van der Waals surface area contributed by atoms with Crippen molar-refractivity contribution in [2.75, 3.05) is 0 Å². The van der Waals surface area contributed by atoms with Crippen LogP contribution in [0.25, 0.3) is 88.1 Å². The van der Waals surface area contributed by atoms with Crippen molar-refractivity contribution >= 4 is 43.2 Å². The van der Waals surface area contributed by atoms with Gasteiger partial charge in [-0.2, -0.15) is 0 Å². The van der Waals surface area contributed by atoms with Gasteiger partial charge in [-0.15, -0.1) is 0 Å². The Hall–Kier alpha value is -6.12. The van der Waals surface area contributed by atoms with E-state index < -0.39 is 0 Å². The Morgan fingerprint density at radius 2 is 0.913 bits per heavy atom. The molecule has 2 heterocycles. The summed E-state index contributed by atoms with van der Waals surface area (Å²) in [6, 6.07) is 60.3. The van der Waals surface area contributed by atoms with Gasteiger partial charge in [0.05, 0.1) is 22.6 Å². The van der Waals surface area contributed by atoms with E-state index in [1.54, 1.807) is 0 Å². The number of para-hydroxylation sites is 1. The molecule has 0 N–H and O–H groups in total. The number of hydrogen-bond donors (Lipinski definition) is 0. The Bertz CT molecular complexity index is 2510. The van der Waals surface area contributed by atoms with Gasteiger partial charge in [0, 0.05) is 32.8 Å². The lowest BCUT2D eigenvalue weighted by atomic mass is 9.89. The van der Waals surface area contributed by atoms with Crippen molar-refractivity contribution in [1.82, 2.24) is 9.97 Å². The fraction of sp³-hybridized carbons (Fsp3) is 0. The molecule has 2 heteroatoms. The molecule has 46 heavy (non-hydrogen) atoms. The van der Waals surface area contributed by atoms with Gasteiger partial charge in [-0.1, -0.05) is 140 Å². The Labute approximate surface area is 267 Å². The van der Waals surface area contributed by atoms with Crippen molar-refractivity contribution in [1.29, 1.82) is 0 Å². The molecule has 0 aliphatic heterocycles. The largest absolute Gasteiger partial charge is 0.248 e. The van der Waals surface area contributed by atoms with Crippen molar-refractivity contribution < 1.29 is 0 Å². The highest BCUT2D eigenvalue weighted by atomic mass is 14.7. The Morgan fingerprint density at radius 3 is 1.63 bits per heavy atom. The first-order chi connectivity index (χ1) is 22.8. The van der Waals surface area contributed by atoms with Gasteiger partial charge in [-0.3, -0.25) is 0 Å². The third-order valence-electron chi connectivity index (χ3n) is 9.00. The molecule has 9 rings (SSSR count). The van der Waals surface area contributed by atoms with E-state index in [-0.39, 0.29) is 0 Å². The Kier molecular flexibility index (Phi) is 6.17. The summed E-state index contributed by atoms with van der Waals surface area (Å²) in [5.74, 6) is 0. The maximum absolute atomic E-state index is 5.34. The zero-order valence-electron chi connectivity index (χ0n) is 25.1. The molecule has 0 spiro atoms. The summed E-state index contributed by atoms with van der Waals surface area (Å²) in [7, 11) is 0. The predicted molar refractivity (Wildman–Crippen MR) is 194 cm³/mol. The summed E-state index contributed by atoms with van der Waals surface area (Å²) in [6.45, 7) is 0. The van der Waals surface area contributed by atoms with E-state index in [2.05, 4.69) is 158 Å². The molecule has 0 saturated heterocycles. The fourth-order valence-corrected chi connectivity index (χ4v) is 6.81. The molecule has 9 aromatic rings. The van der Waals surface area contributed by atoms with Gasteiger partial charge in [0.25, 0.3) is 0 Å². The van der Waals surface area contributed by atoms with Crippen LogP contribution >= 0.6 is 0 Å². The highest BCUT2D eigenvalue weighted by molar-refractivity contribution is 6.25. The number of hydrogen-bond acceptors (Lipinski definition) is 2. The van der Waals surface area contributed by atoms with Crippen LogP contribution in [0.4, 0.5) is 0 Å². The topological polar surface area (TPSA) is 25.8 Å². The average Bonchev–Trinajstić information content (AvgIpc) is 3.14. The highest BCUT2D eigenvalue weighted by Gasteiger charge is 2.18. The minimum Gasteiger partial charge on any atom is -0.248 e. The van der Waals surface area contributed by atoms with E-state index in [0.717, 1.165) is 55.6 Å². The van der Waals surface area contributed by atoms with Crippen LogP contribution in [0.15, 0.2) is 170 Å². The number of fused-ring (bicyclic) bond motifs is 6. The first kappa shape index (κ1) is 26.3. The second-order valence-electron chi connectivity index (χ2n) is 11.8. The van der Waals surface area contributed by atoms with Gasteiger partial charge in [0.2, 0.25) is 0 Å². The maximum atomic E-state index is 5.34. The van der Waals surface area contributed by atoms with E-state index in [0.29, 0.717) is 0 Å². The zero-order chi connectivity index (χ0) is 30.5. The van der Waals surface area contributed by atoms with E-state index in [9.17, 15) is 0 Å². The minimum atomic E-state index is 0.951. The number of benzene rings is 7. The number of pyridine rings is 2. The fourth-order valence-electron chi connectivity index (χ4n) is 6.81. The van der Waals surface area contributed by atoms with Crippen LogP contribution in [-0.4, -0.2) is 9.97 Å². The first-order valence-electron chi connectivity index (χ1n) is 15.7. The summed E-state index contributed by atoms with van der Waals surface area (Å²) < 4.78 is 0. The normalized spacial score (nSPS) is 11.5. The molecular weight excluding hydrogens is 556 g/mol. The molecule has 2 nitrogen and oxygen atoms in total. The van der Waals surface area contributed by atoms with Crippen molar-refractivity contribution in [3.63, 3.8) is 0 Å². The molecule has 0 amide bonds. The Balaban J connectivity index is 1.40. The second kappa shape index (κ2) is 10.8. The third kappa shape index (κ3) is 4.43. The van der Waals surface area contributed by atoms with Crippen molar-refractivity contribution in [2.45, 2.75) is 0 Å². The molecule has 0 saturated carbocycles. The summed E-state index contributed by atoms with van der Waals surface area (Å²) in [5, 5.41) is 8.39. The molecule has 214 valence electrons. The van der Waals surface area contributed by atoms with E-state index in [1.807, 2.05) is 12.1 Å². The van der Waals surface area contributed by atoms with Crippen LogP contribution in [-0.2, 0) is 0 Å². The summed E-state index contributed by atoms with van der Waals surface area (Å²) >= 11 is 0. The molecule has 0 unspecified atom stereocenters. The quantitative estimate of drug-likeness (QED) is 0.192. The van der Waals surface area contributed by atoms with Crippen molar-refractivity contribution in [2.24, 2.45) is 0 Å². The minimum absolute atomic E-state index is 0.951. The SMILES string of the molecule is c1ccc(-c2cc(-c3cc4c(-c5ccc6ccccc6c5)nc5ccccc5c4c4ccccc34)cc(-c3ccccc3)n2)cc1. The number of nitrogens with zero attached hydrogens (tertiary/aromatic N) is 2. The van der Waals surface area contributed by atoms with Crippen molar-refractivity contribution in [3.05, 3.63) is 170 Å². The highest BCUT2D eigenvalue weighted by Crippen LogP contribution is 2.43. The molecule has 7 aromatic carbocycles. The Morgan fingerprint density at radius 1 is 0.326 bits per heavy atom. The smallest absolute Gasteiger partial charge is 0.0788 e. The molecule has 0 atom stereocenters. The van der Waals surface area contributed by atoms with Gasteiger partial charge in [0.15, 0.2) is 0 Å². The standard InChI is InChI=1S/C44H28N2/c1-3-14-30(15-4-1)41-26-34(27-42(45-41)31-16-5-2-6-17-31)38-28-39-43(36-20-10-9-19-35(36)38)37-21-11-12-22-40(37)46-44(39)33-24-23-29-13-7-8-18-32(29)25-33/h1-28H. The predicted octanol–water partition coefficient (Wildman–Crippen LogP) is 11.8. The van der Waals surface area contributed by atoms with E-state index in [1.165, 1.54) is 32.5 Å². The van der Waals surface area contributed by atoms with Crippen LogP contribution < -0.4 is 0 Å². The molecule has 0 bridgehead atoms. The second-order valence-corrected chi connectivity index (χ2v) is 11.8. The molecular formula is C44H28N2. The monoisotopic (exact) mass is 584 g/mol. The van der Waals surface area contributed by atoms with Gasteiger partial charge in [-0.25, -0.2) is 9.97 Å². The van der Waals surface area contributed by atoms with E-state index >= 15 is 0 Å². The molecule has 2 aromatic heterocycles. The number of aromatic nitrogens is 2. The molecule has 0 radical (unpaired) electrons. The first-order valence-corrected chi connectivity index (χ1v) is 15.7. The van der Waals surface area contributed by atoms with Gasteiger partial charge in [-0.05, 0) is 63.0 Å².